The largest absolute Gasteiger partial charge is 0.320 e. The Kier molecular flexibility index (Phi) is 3.05. The third kappa shape index (κ3) is 2.25. The predicted octanol–water partition coefficient (Wildman–Crippen LogP) is 2.10. The van der Waals surface area contributed by atoms with E-state index in [4.69, 9.17) is 5.73 Å². The van der Waals surface area contributed by atoms with Crippen molar-refractivity contribution < 1.29 is 4.79 Å². The van der Waals surface area contributed by atoms with E-state index in [9.17, 15) is 4.79 Å². The van der Waals surface area contributed by atoms with Crippen molar-refractivity contribution in [1.29, 1.82) is 0 Å². The molecule has 0 saturated carbocycles. The standard InChI is InChI=1S/C16H16N2O/c17-14-10-13-8-4-5-9-15(13)18(16(14)19)11-12-6-2-1-3-7-12/h1-9,14H,10-11,17H2/t14-/m1/s1. The van der Waals surface area contributed by atoms with Crippen LogP contribution in [0.3, 0.4) is 0 Å². The molecule has 3 rings (SSSR count). The summed E-state index contributed by atoms with van der Waals surface area (Å²) in [6.07, 6.45) is 0.625. The number of fused-ring (bicyclic) bond motifs is 1. The zero-order chi connectivity index (χ0) is 13.2. The van der Waals surface area contributed by atoms with E-state index in [1.807, 2.05) is 54.6 Å². The molecule has 0 fully saturated rings. The second kappa shape index (κ2) is 4.86. The second-order valence-electron chi connectivity index (χ2n) is 4.85. The minimum Gasteiger partial charge on any atom is -0.320 e. The summed E-state index contributed by atoms with van der Waals surface area (Å²) >= 11 is 0. The van der Waals surface area contributed by atoms with Gasteiger partial charge in [0.05, 0.1) is 12.6 Å². The number of benzene rings is 2. The number of carbonyl (C=O) groups is 1. The Labute approximate surface area is 112 Å². The van der Waals surface area contributed by atoms with E-state index in [-0.39, 0.29) is 5.91 Å². The molecule has 1 atom stereocenters. The summed E-state index contributed by atoms with van der Waals surface area (Å²) in [6.45, 7) is 0.574. The zero-order valence-electron chi connectivity index (χ0n) is 10.6. The van der Waals surface area contributed by atoms with E-state index in [1.165, 1.54) is 0 Å². The van der Waals surface area contributed by atoms with Crippen molar-refractivity contribution in [3.63, 3.8) is 0 Å². The molecule has 0 spiro atoms. The quantitative estimate of drug-likeness (QED) is 0.889. The van der Waals surface area contributed by atoms with E-state index >= 15 is 0 Å². The molecule has 2 N–H and O–H groups in total. The maximum absolute atomic E-state index is 12.3. The summed E-state index contributed by atoms with van der Waals surface area (Å²) < 4.78 is 0. The topological polar surface area (TPSA) is 46.3 Å². The first-order chi connectivity index (χ1) is 9.25. The Morgan fingerprint density at radius 2 is 1.74 bits per heavy atom. The van der Waals surface area contributed by atoms with Crippen molar-refractivity contribution in [3.8, 4) is 0 Å². The van der Waals surface area contributed by atoms with Gasteiger partial charge in [0, 0.05) is 5.69 Å². The fourth-order valence-electron chi connectivity index (χ4n) is 2.52. The number of hydrogen-bond donors (Lipinski definition) is 1. The molecule has 2 aromatic rings. The number of amides is 1. The lowest BCUT2D eigenvalue weighted by Gasteiger charge is -2.32. The molecular formula is C16H16N2O. The van der Waals surface area contributed by atoms with Crippen molar-refractivity contribution >= 4 is 11.6 Å². The van der Waals surface area contributed by atoms with Gasteiger partial charge in [0.2, 0.25) is 5.91 Å². The fraction of sp³-hybridized carbons (Fsp3) is 0.188. The number of nitrogens with zero attached hydrogens (tertiary/aromatic N) is 1. The summed E-state index contributed by atoms with van der Waals surface area (Å²) in [5.41, 5.74) is 9.19. The first-order valence-corrected chi connectivity index (χ1v) is 6.44. The van der Waals surface area contributed by atoms with Gasteiger partial charge in [-0.05, 0) is 23.6 Å². The molecule has 0 unspecified atom stereocenters. The molecule has 1 amide bonds. The lowest BCUT2D eigenvalue weighted by atomic mass is 9.97. The van der Waals surface area contributed by atoms with Crippen molar-refractivity contribution in [3.05, 3.63) is 65.7 Å². The first kappa shape index (κ1) is 11.9. The second-order valence-corrected chi connectivity index (χ2v) is 4.85. The molecule has 1 aliphatic heterocycles. The third-order valence-electron chi connectivity index (χ3n) is 3.49. The van der Waals surface area contributed by atoms with Crippen molar-refractivity contribution in [2.24, 2.45) is 5.73 Å². The Morgan fingerprint density at radius 1 is 1.05 bits per heavy atom. The van der Waals surface area contributed by atoms with Gasteiger partial charge in [0.25, 0.3) is 0 Å². The van der Waals surface area contributed by atoms with Crippen LogP contribution in [0.25, 0.3) is 0 Å². The summed E-state index contributed by atoms with van der Waals surface area (Å²) in [5.74, 6) is 0.00236. The summed E-state index contributed by atoms with van der Waals surface area (Å²) in [5, 5.41) is 0. The number of nitrogens with two attached hydrogens (primary N) is 1. The maximum atomic E-state index is 12.3. The van der Waals surface area contributed by atoms with Gasteiger partial charge in [-0.25, -0.2) is 0 Å². The third-order valence-corrected chi connectivity index (χ3v) is 3.49. The van der Waals surface area contributed by atoms with Crippen LogP contribution in [-0.2, 0) is 17.8 Å². The Balaban J connectivity index is 1.97. The normalized spacial score (nSPS) is 18.3. The molecule has 19 heavy (non-hydrogen) atoms. The van der Waals surface area contributed by atoms with Gasteiger partial charge in [-0.2, -0.15) is 0 Å². The van der Waals surface area contributed by atoms with Gasteiger partial charge in [-0.1, -0.05) is 48.5 Å². The molecule has 96 valence electrons. The van der Waals surface area contributed by atoms with E-state index in [1.54, 1.807) is 4.90 Å². The first-order valence-electron chi connectivity index (χ1n) is 6.44. The minimum atomic E-state index is -0.432. The number of anilines is 1. The van der Waals surface area contributed by atoms with E-state index < -0.39 is 6.04 Å². The van der Waals surface area contributed by atoms with Gasteiger partial charge >= 0.3 is 0 Å². The minimum absolute atomic E-state index is 0.00236. The smallest absolute Gasteiger partial charge is 0.244 e. The lowest BCUT2D eigenvalue weighted by molar-refractivity contribution is -0.120. The van der Waals surface area contributed by atoms with Crippen LogP contribution in [0.5, 0.6) is 0 Å². The number of rotatable bonds is 2. The number of para-hydroxylation sites is 1. The molecule has 0 aromatic heterocycles. The van der Waals surface area contributed by atoms with Gasteiger partial charge in [-0.3, -0.25) is 4.79 Å². The Morgan fingerprint density at radius 3 is 2.53 bits per heavy atom. The fourth-order valence-corrected chi connectivity index (χ4v) is 2.52. The average Bonchev–Trinajstić information content (AvgIpc) is 2.45. The Bertz CT molecular complexity index is 595. The summed E-state index contributed by atoms with van der Waals surface area (Å²) in [7, 11) is 0. The highest BCUT2D eigenvalue weighted by Gasteiger charge is 2.29. The van der Waals surface area contributed by atoms with E-state index in [2.05, 4.69) is 0 Å². The molecular weight excluding hydrogens is 236 g/mol. The van der Waals surface area contributed by atoms with Gasteiger partial charge < -0.3 is 10.6 Å². The number of carbonyl (C=O) groups excluding carboxylic acids is 1. The maximum Gasteiger partial charge on any atom is 0.244 e. The zero-order valence-corrected chi connectivity index (χ0v) is 10.6. The summed E-state index contributed by atoms with van der Waals surface area (Å²) in [4.78, 5) is 14.1. The molecule has 0 aliphatic carbocycles. The van der Waals surface area contributed by atoms with Crippen LogP contribution in [0.2, 0.25) is 0 Å². The average molecular weight is 252 g/mol. The predicted molar refractivity (Wildman–Crippen MR) is 75.8 cm³/mol. The van der Waals surface area contributed by atoms with Crippen molar-refractivity contribution in [1.82, 2.24) is 0 Å². The van der Waals surface area contributed by atoms with Crippen LogP contribution in [0.1, 0.15) is 11.1 Å². The molecule has 0 radical (unpaired) electrons. The highest BCUT2D eigenvalue weighted by molar-refractivity contribution is 6.00. The van der Waals surface area contributed by atoms with Crippen LogP contribution >= 0.6 is 0 Å². The van der Waals surface area contributed by atoms with E-state index in [0.29, 0.717) is 13.0 Å². The van der Waals surface area contributed by atoms with Crippen molar-refractivity contribution in [2.75, 3.05) is 4.90 Å². The van der Waals surface area contributed by atoms with Crippen LogP contribution < -0.4 is 10.6 Å². The van der Waals surface area contributed by atoms with Gasteiger partial charge in [0.15, 0.2) is 0 Å². The highest BCUT2D eigenvalue weighted by atomic mass is 16.2. The molecule has 1 aliphatic rings. The van der Waals surface area contributed by atoms with Crippen molar-refractivity contribution in [2.45, 2.75) is 19.0 Å². The SMILES string of the molecule is N[C@@H]1Cc2ccccc2N(Cc2ccccc2)C1=O. The molecule has 3 nitrogen and oxygen atoms in total. The lowest BCUT2D eigenvalue weighted by Crippen LogP contribution is -2.48. The van der Waals surface area contributed by atoms with Crippen LogP contribution in [-0.4, -0.2) is 11.9 Å². The summed E-state index contributed by atoms with van der Waals surface area (Å²) in [6, 6.07) is 17.5. The van der Waals surface area contributed by atoms with E-state index in [0.717, 1.165) is 16.8 Å². The molecule has 1 heterocycles. The molecule has 0 bridgehead atoms. The van der Waals surface area contributed by atoms with Crippen LogP contribution in [0, 0.1) is 0 Å². The van der Waals surface area contributed by atoms with Gasteiger partial charge in [-0.15, -0.1) is 0 Å². The molecule has 0 saturated heterocycles. The van der Waals surface area contributed by atoms with Crippen LogP contribution in [0.4, 0.5) is 5.69 Å². The molecule has 2 aromatic carbocycles. The highest BCUT2D eigenvalue weighted by Crippen LogP contribution is 2.28. The van der Waals surface area contributed by atoms with Gasteiger partial charge in [0.1, 0.15) is 0 Å². The number of hydrogen-bond acceptors (Lipinski definition) is 2. The Hall–Kier alpha value is -2.13. The van der Waals surface area contributed by atoms with Crippen LogP contribution in [0.15, 0.2) is 54.6 Å². The molecule has 3 heteroatoms. The monoisotopic (exact) mass is 252 g/mol.